The van der Waals surface area contributed by atoms with Gasteiger partial charge in [-0.15, -0.1) is 0 Å². The van der Waals surface area contributed by atoms with Gasteiger partial charge in [-0.2, -0.15) is 5.26 Å². The minimum Gasteiger partial charge on any atom is -0.402 e. The Morgan fingerprint density at radius 2 is 1.83 bits per heavy atom. The van der Waals surface area contributed by atoms with Crippen LogP contribution < -0.4 is 0 Å². The molecule has 2 atom stereocenters. The maximum atomic E-state index is 11.0. The molecule has 0 heterocycles. The average Bonchev–Trinajstić information content (AvgIpc) is 2.39. The fraction of sp³-hybridized carbons (Fsp3) is 0.923. The summed E-state index contributed by atoms with van der Waals surface area (Å²) in [6, 6.07) is 0. The van der Waals surface area contributed by atoms with Gasteiger partial charge in [0.2, 0.25) is 6.29 Å². The van der Waals surface area contributed by atoms with Crippen LogP contribution in [0.1, 0.15) is 59.3 Å². The van der Waals surface area contributed by atoms with E-state index < -0.39 is 12.4 Å². The summed E-state index contributed by atoms with van der Waals surface area (Å²) in [5.41, 5.74) is 0. The van der Waals surface area contributed by atoms with Crippen LogP contribution in [0.3, 0.4) is 0 Å². The Kier molecular flexibility index (Phi) is 10.8. The Morgan fingerprint density at radius 3 is 2.33 bits per heavy atom. The topological polar surface area (TPSA) is 65.0 Å². The summed E-state index contributed by atoms with van der Waals surface area (Å²) in [7, 11) is 0. The molecule has 0 saturated carbocycles. The Morgan fingerprint density at radius 1 is 1.17 bits per heavy atom. The lowest BCUT2D eigenvalue weighted by Gasteiger charge is -2.25. The molecular weight excluding hydrogens is 236 g/mol. The number of unbranched alkanes of at least 4 members (excludes halogenated alkanes) is 2. The van der Waals surface area contributed by atoms with E-state index in [1.165, 1.54) is 0 Å². The Bertz CT molecular complexity index is 208. The smallest absolute Gasteiger partial charge is 0.402 e. The number of carbonyl (C=O) groups excluding carboxylic acids is 1. The second-order valence-corrected chi connectivity index (χ2v) is 4.36. The van der Waals surface area contributed by atoms with Crippen LogP contribution in [0.4, 0.5) is 4.79 Å². The molecule has 0 saturated heterocycles. The number of rotatable bonds is 10. The molecule has 0 bridgehead atoms. The average molecular weight is 262 g/mol. The molecule has 2 unspecified atom stereocenters. The predicted molar refractivity (Wildman–Crippen MR) is 68.1 cm³/mol. The van der Waals surface area contributed by atoms with Crippen LogP contribution in [0.25, 0.3) is 0 Å². The summed E-state index contributed by atoms with van der Waals surface area (Å²) < 4.78 is 10.5. The van der Waals surface area contributed by atoms with E-state index in [1.807, 2.05) is 6.92 Å². The van der Waals surface area contributed by atoms with Gasteiger partial charge in [0, 0.05) is 5.92 Å². The SMILES string of the molecule is CCCCOC(OC(=O)OO)C(CC)CCCC. The maximum Gasteiger partial charge on any atom is 0.542 e. The zero-order chi connectivity index (χ0) is 13.8. The first-order chi connectivity index (χ1) is 8.69. The van der Waals surface area contributed by atoms with E-state index in [4.69, 9.17) is 14.7 Å². The molecular formula is C13H26O5. The summed E-state index contributed by atoms with van der Waals surface area (Å²) >= 11 is 0. The van der Waals surface area contributed by atoms with Crippen molar-refractivity contribution in [1.82, 2.24) is 0 Å². The number of carbonyl (C=O) groups is 1. The first-order valence-electron chi connectivity index (χ1n) is 6.83. The molecule has 0 radical (unpaired) electrons. The summed E-state index contributed by atoms with van der Waals surface area (Å²) in [5.74, 6) is 0.140. The third-order valence-electron chi connectivity index (χ3n) is 2.90. The van der Waals surface area contributed by atoms with Crippen LogP contribution in [0.5, 0.6) is 0 Å². The van der Waals surface area contributed by atoms with Crippen LogP contribution in [-0.4, -0.2) is 24.3 Å². The summed E-state index contributed by atoms with van der Waals surface area (Å²) in [6.45, 7) is 6.75. The summed E-state index contributed by atoms with van der Waals surface area (Å²) in [6.07, 6.45) is 4.13. The highest BCUT2D eigenvalue weighted by Gasteiger charge is 2.25. The van der Waals surface area contributed by atoms with E-state index >= 15 is 0 Å². The lowest BCUT2D eigenvalue weighted by molar-refractivity contribution is -0.233. The van der Waals surface area contributed by atoms with Gasteiger partial charge in [-0.25, -0.2) is 4.79 Å². The standard InChI is InChI=1S/C13H26O5/c1-4-7-9-11(6-3)12(16-10-8-5-2)17-13(14)18-15/h11-12,15H,4-10H2,1-3H3. The van der Waals surface area contributed by atoms with E-state index in [2.05, 4.69) is 18.7 Å². The zero-order valence-electron chi connectivity index (χ0n) is 11.7. The second kappa shape index (κ2) is 11.3. The zero-order valence-corrected chi connectivity index (χ0v) is 11.7. The highest BCUT2D eigenvalue weighted by Crippen LogP contribution is 2.21. The monoisotopic (exact) mass is 262 g/mol. The molecule has 0 aliphatic heterocycles. The van der Waals surface area contributed by atoms with Gasteiger partial charge in [-0.3, -0.25) is 4.89 Å². The van der Waals surface area contributed by atoms with Crippen molar-refractivity contribution in [3.05, 3.63) is 0 Å². The van der Waals surface area contributed by atoms with Gasteiger partial charge in [0.25, 0.3) is 0 Å². The minimum atomic E-state index is -1.11. The molecule has 18 heavy (non-hydrogen) atoms. The molecule has 0 spiro atoms. The van der Waals surface area contributed by atoms with Gasteiger partial charge in [0.05, 0.1) is 6.61 Å². The van der Waals surface area contributed by atoms with Crippen molar-refractivity contribution in [2.75, 3.05) is 6.61 Å². The number of hydrogen-bond acceptors (Lipinski definition) is 5. The Labute approximate surface area is 109 Å². The van der Waals surface area contributed by atoms with Crippen LogP contribution in [0.2, 0.25) is 0 Å². The third-order valence-corrected chi connectivity index (χ3v) is 2.90. The maximum absolute atomic E-state index is 11.0. The Hall–Kier alpha value is -0.810. The Balaban J connectivity index is 4.33. The van der Waals surface area contributed by atoms with E-state index in [-0.39, 0.29) is 5.92 Å². The van der Waals surface area contributed by atoms with Crippen molar-refractivity contribution in [3.63, 3.8) is 0 Å². The van der Waals surface area contributed by atoms with Crippen LogP contribution in [0.15, 0.2) is 0 Å². The molecule has 108 valence electrons. The molecule has 0 amide bonds. The van der Waals surface area contributed by atoms with Gasteiger partial charge >= 0.3 is 6.16 Å². The molecule has 0 aromatic rings. The lowest BCUT2D eigenvalue weighted by atomic mass is 9.99. The van der Waals surface area contributed by atoms with Gasteiger partial charge < -0.3 is 9.47 Å². The van der Waals surface area contributed by atoms with Gasteiger partial charge in [0.15, 0.2) is 0 Å². The minimum absolute atomic E-state index is 0.140. The molecule has 5 heteroatoms. The fourth-order valence-corrected chi connectivity index (χ4v) is 1.73. The van der Waals surface area contributed by atoms with Crippen molar-refractivity contribution in [2.45, 2.75) is 65.6 Å². The highest BCUT2D eigenvalue weighted by atomic mass is 17.2. The summed E-state index contributed by atoms with van der Waals surface area (Å²) in [4.78, 5) is 14.5. The van der Waals surface area contributed by atoms with Gasteiger partial charge in [-0.1, -0.05) is 40.0 Å². The van der Waals surface area contributed by atoms with E-state index in [0.717, 1.165) is 38.5 Å². The van der Waals surface area contributed by atoms with E-state index in [1.54, 1.807) is 0 Å². The van der Waals surface area contributed by atoms with E-state index in [9.17, 15) is 4.79 Å². The molecule has 5 nitrogen and oxygen atoms in total. The quantitative estimate of drug-likeness (QED) is 0.212. The fourth-order valence-electron chi connectivity index (χ4n) is 1.73. The normalized spacial score (nSPS) is 14.0. The molecule has 0 aromatic heterocycles. The van der Waals surface area contributed by atoms with Gasteiger partial charge in [0.1, 0.15) is 0 Å². The molecule has 0 fully saturated rings. The molecule has 0 rings (SSSR count). The van der Waals surface area contributed by atoms with Crippen LogP contribution in [-0.2, 0) is 14.4 Å². The first kappa shape index (κ1) is 17.2. The second-order valence-electron chi connectivity index (χ2n) is 4.36. The lowest BCUT2D eigenvalue weighted by Crippen LogP contribution is -2.30. The third kappa shape index (κ3) is 7.50. The number of hydrogen-bond donors (Lipinski definition) is 1. The largest absolute Gasteiger partial charge is 0.542 e. The van der Waals surface area contributed by atoms with E-state index in [0.29, 0.717) is 6.61 Å². The van der Waals surface area contributed by atoms with Crippen molar-refractivity contribution in [2.24, 2.45) is 5.92 Å². The van der Waals surface area contributed by atoms with Crippen molar-refractivity contribution >= 4 is 6.16 Å². The predicted octanol–water partition coefficient (Wildman–Crippen LogP) is 3.97. The van der Waals surface area contributed by atoms with Crippen LogP contribution in [0, 0.1) is 5.92 Å². The summed E-state index contributed by atoms with van der Waals surface area (Å²) in [5, 5.41) is 8.26. The molecule has 0 aliphatic rings. The molecule has 0 aliphatic carbocycles. The highest BCUT2D eigenvalue weighted by molar-refractivity contribution is 5.58. The number of ether oxygens (including phenoxy) is 2. The molecule has 1 N–H and O–H groups in total. The van der Waals surface area contributed by atoms with Crippen molar-refractivity contribution < 1.29 is 24.4 Å². The van der Waals surface area contributed by atoms with Gasteiger partial charge in [-0.05, 0) is 19.3 Å². The van der Waals surface area contributed by atoms with Crippen LogP contribution >= 0.6 is 0 Å². The van der Waals surface area contributed by atoms with Crippen molar-refractivity contribution in [1.29, 1.82) is 0 Å². The molecule has 0 aromatic carbocycles. The van der Waals surface area contributed by atoms with Crippen molar-refractivity contribution in [3.8, 4) is 0 Å². The first-order valence-corrected chi connectivity index (χ1v) is 6.83.